The summed E-state index contributed by atoms with van der Waals surface area (Å²) in [4.78, 5) is 18.3. The van der Waals surface area contributed by atoms with Crippen LogP contribution in [0.15, 0.2) is 30.5 Å². The highest BCUT2D eigenvalue weighted by atomic mass is 16.4. The Morgan fingerprint density at radius 2 is 2.29 bits per heavy atom. The number of aromatic amines is 1. The van der Waals surface area contributed by atoms with Gasteiger partial charge in [-0.2, -0.15) is 0 Å². The van der Waals surface area contributed by atoms with Crippen LogP contribution in [0.25, 0.3) is 11.4 Å². The molecule has 88 valence electrons. The van der Waals surface area contributed by atoms with Crippen molar-refractivity contribution in [3.63, 3.8) is 0 Å². The van der Waals surface area contributed by atoms with Crippen molar-refractivity contribution in [3.05, 3.63) is 41.7 Å². The molecule has 1 aromatic carbocycles. The van der Waals surface area contributed by atoms with Crippen LogP contribution >= 0.6 is 0 Å². The summed E-state index contributed by atoms with van der Waals surface area (Å²) >= 11 is 0. The van der Waals surface area contributed by atoms with Crippen LogP contribution in [0.1, 0.15) is 29.4 Å². The highest BCUT2D eigenvalue weighted by Crippen LogP contribution is 2.17. The van der Waals surface area contributed by atoms with Crippen molar-refractivity contribution in [1.29, 1.82) is 0 Å². The van der Waals surface area contributed by atoms with Gasteiger partial charge in [0.15, 0.2) is 0 Å². The molecule has 0 amide bonds. The minimum atomic E-state index is -0.924. The molecule has 1 heterocycles. The van der Waals surface area contributed by atoms with Gasteiger partial charge in [0, 0.05) is 17.5 Å². The summed E-state index contributed by atoms with van der Waals surface area (Å²) in [6, 6.07) is 6.76. The molecule has 2 N–H and O–H groups in total. The maximum absolute atomic E-state index is 10.9. The first-order chi connectivity index (χ1) is 8.20. The molecule has 0 aliphatic carbocycles. The minimum absolute atomic E-state index is 0.274. The predicted molar refractivity (Wildman–Crippen MR) is 65.0 cm³/mol. The maximum Gasteiger partial charge on any atom is 0.335 e. The maximum atomic E-state index is 10.9. The lowest BCUT2D eigenvalue weighted by Gasteiger charge is -1.99. The van der Waals surface area contributed by atoms with Gasteiger partial charge in [-0.25, -0.2) is 9.78 Å². The van der Waals surface area contributed by atoms with Crippen LogP contribution in [0.5, 0.6) is 0 Å². The second kappa shape index (κ2) is 4.82. The number of aryl methyl sites for hydroxylation is 1. The molecule has 2 aromatic rings. The Balaban J connectivity index is 2.32. The first kappa shape index (κ1) is 11.4. The third kappa shape index (κ3) is 2.53. The van der Waals surface area contributed by atoms with Crippen molar-refractivity contribution < 1.29 is 9.90 Å². The Labute approximate surface area is 99.3 Å². The number of aromatic nitrogens is 2. The van der Waals surface area contributed by atoms with E-state index in [0.29, 0.717) is 0 Å². The molecule has 0 spiro atoms. The van der Waals surface area contributed by atoms with Gasteiger partial charge in [-0.1, -0.05) is 25.5 Å². The molecule has 0 atom stereocenters. The number of carboxylic acids is 1. The van der Waals surface area contributed by atoms with Gasteiger partial charge in [0.2, 0.25) is 0 Å². The fourth-order valence-electron chi connectivity index (χ4n) is 1.70. The normalized spacial score (nSPS) is 10.4. The number of rotatable bonds is 4. The molecule has 17 heavy (non-hydrogen) atoms. The smallest absolute Gasteiger partial charge is 0.335 e. The van der Waals surface area contributed by atoms with Gasteiger partial charge in [-0.15, -0.1) is 0 Å². The average molecular weight is 230 g/mol. The highest BCUT2D eigenvalue weighted by molar-refractivity contribution is 5.89. The number of nitrogens with zero attached hydrogens (tertiary/aromatic N) is 1. The second-order valence-corrected chi connectivity index (χ2v) is 3.89. The van der Waals surface area contributed by atoms with Crippen LogP contribution in [-0.2, 0) is 6.42 Å². The first-order valence-electron chi connectivity index (χ1n) is 5.58. The van der Waals surface area contributed by atoms with Gasteiger partial charge in [-0.05, 0) is 18.6 Å². The minimum Gasteiger partial charge on any atom is -0.478 e. The molecule has 4 nitrogen and oxygen atoms in total. The quantitative estimate of drug-likeness (QED) is 0.848. The van der Waals surface area contributed by atoms with Crippen molar-refractivity contribution >= 4 is 5.97 Å². The summed E-state index contributed by atoms with van der Waals surface area (Å²) in [7, 11) is 0. The third-order valence-corrected chi connectivity index (χ3v) is 2.53. The Hall–Kier alpha value is -2.10. The van der Waals surface area contributed by atoms with Crippen LogP contribution in [0.2, 0.25) is 0 Å². The van der Waals surface area contributed by atoms with Crippen molar-refractivity contribution in [3.8, 4) is 11.4 Å². The molecule has 4 heteroatoms. The summed E-state index contributed by atoms with van der Waals surface area (Å²) in [6.07, 6.45) is 3.80. The van der Waals surface area contributed by atoms with E-state index in [4.69, 9.17) is 5.11 Å². The molecule has 1 aromatic heterocycles. The number of carbonyl (C=O) groups is 1. The molecule has 0 aliphatic rings. The van der Waals surface area contributed by atoms with Crippen LogP contribution in [0.4, 0.5) is 0 Å². The molecule has 0 unspecified atom stereocenters. The Bertz CT molecular complexity index is 532. The molecular formula is C13H14N2O2. The van der Waals surface area contributed by atoms with E-state index in [1.165, 1.54) is 0 Å². The first-order valence-corrected chi connectivity index (χ1v) is 5.58. The summed E-state index contributed by atoms with van der Waals surface area (Å²) in [5.74, 6) is -0.205. The van der Waals surface area contributed by atoms with E-state index >= 15 is 0 Å². The van der Waals surface area contributed by atoms with Gasteiger partial charge >= 0.3 is 5.97 Å². The number of nitrogens with one attached hydrogen (secondary N) is 1. The fourth-order valence-corrected chi connectivity index (χ4v) is 1.70. The zero-order valence-corrected chi connectivity index (χ0v) is 9.60. The summed E-state index contributed by atoms with van der Waals surface area (Å²) in [6.45, 7) is 2.10. The predicted octanol–water partition coefficient (Wildman–Crippen LogP) is 2.73. The van der Waals surface area contributed by atoms with E-state index in [-0.39, 0.29) is 5.56 Å². The van der Waals surface area contributed by atoms with Crippen molar-refractivity contribution in [2.45, 2.75) is 19.8 Å². The van der Waals surface area contributed by atoms with E-state index in [9.17, 15) is 4.79 Å². The Kier molecular flexibility index (Phi) is 3.23. The summed E-state index contributed by atoms with van der Waals surface area (Å²) in [5.41, 5.74) is 2.14. The van der Waals surface area contributed by atoms with E-state index in [0.717, 1.165) is 29.9 Å². The van der Waals surface area contributed by atoms with Crippen molar-refractivity contribution in [1.82, 2.24) is 9.97 Å². The molecule has 0 fully saturated rings. The second-order valence-electron chi connectivity index (χ2n) is 3.89. The number of carboxylic acid groups (broad SMARTS) is 1. The topological polar surface area (TPSA) is 66.0 Å². The number of benzene rings is 1. The number of H-pyrrole nitrogens is 1. The molecule has 0 aliphatic heterocycles. The van der Waals surface area contributed by atoms with E-state index < -0.39 is 5.97 Å². The van der Waals surface area contributed by atoms with Gasteiger partial charge in [-0.3, -0.25) is 0 Å². The fraction of sp³-hybridized carbons (Fsp3) is 0.231. The summed E-state index contributed by atoms with van der Waals surface area (Å²) in [5, 5.41) is 8.91. The van der Waals surface area contributed by atoms with Crippen molar-refractivity contribution in [2.75, 3.05) is 0 Å². The van der Waals surface area contributed by atoms with Crippen LogP contribution in [0, 0.1) is 0 Å². The van der Waals surface area contributed by atoms with Crippen LogP contribution < -0.4 is 0 Å². The number of hydrogen-bond acceptors (Lipinski definition) is 2. The van der Waals surface area contributed by atoms with E-state index in [1.807, 2.05) is 6.07 Å². The van der Waals surface area contributed by atoms with Gasteiger partial charge in [0.1, 0.15) is 5.82 Å². The largest absolute Gasteiger partial charge is 0.478 e. The lowest BCUT2D eigenvalue weighted by molar-refractivity contribution is 0.0697. The zero-order chi connectivity index (χ0) is 12.3. The lowest BCUT2D eigenvalue weighted by atomic mass is 10.1. The zero-order valence-electron chi connectivity index (χ0n) is 9.60. The molecule has 0 saturated carbocycles. The average Bonchev–Trinajstić information content (AvgIpc) is 2.78. The monoisotopic (exact) mass is 230 g/mol. The van der Waals surface area contributed by atoms with Crippen molar-refractivity contribution in [2.24, 2.45) is 0 Å². The standard InChI is InChI=1S/C13H14N2O2/c1-2-4-11-8-14-12(15-11)9-5-3-6-10(7-9)13(16)17/h3,5-8H,2,4H2,1H3,(H,14,15)(H,16,17). The van der Waals surface area contributed by atoms with Crippen LogP contribution in [-0.4, -0.2) is 21.0 Å². The molecule has 0 saturated heterocycles. The van der Waals surface area contributed by atoms with Gasteiger partial charge < -0.3 is 10.1 Å². The van der Waals surface area contributed by atoms with Crippen LogP contribution in [0.3, 0.4) is 0 Å². The number of imidazole rings is 1. The van der Waals surface area contributed by atoms with E-state index in [1.54, 1.807) is 24.4 Å². The lowest BCUT2D eigenvalue weighted by Crippen LogP contribution is -1.96. The molecular weight excluding hydrogens is 216 g/mol. The molecule has 0 bridgehead atoms. The Morgan fingerprint density at radius 3 is 3.00 bits per heavy atom. The molecule has 2 rings (SSSR count). The SMILES string of the molecule is CCCc1cnc(-c2cccc(C(=O)O)c2)[nH]1. The molecule has 0 radical (unpaired) electrons. The third-order valence-electron chi connectivity index (χ3n) is 2.53. The highest BCUT2D eigenvalue weighted by Gasteiger charge is 2.07. The number of hydrogen-bond donors (Lipinski definition) is 2. The van der Waals surface area contributed by atoms with Gasteiger partial charge in [0.25, 0.3) is 0 Å². The van der Waals surface area contributed by atoms with Gasteiger partial charge in [0.05, 0.1) is 5.56 Å². The van der Waals surface area contributed by atoms with E-state index in [2.05, 4.69) is 16.9 Å². The summed E-state index contributed by atoms with van der Waals surface area (Å²) < 4.78 is 0. The Morgan fingerprint density at radius 1 is 1.47 bits per heavy atom. The number of aromatic carboxylic acids is 1.